The fraction of sp³-hybridized carbons (Fsp3) is 0.909. The molecule has 0 fully saturated rings. The monoisotopic (exact) mass is 530 g/mol. The molecule has 0 aliphatic rings. The predicted molar refractivity (Wildman–Crippen MR) is 144 cm³/mol. The van der Waals surface area contributed by atoms with Crippen molar-refractivity contribution in [2.75, 3.05) is 46.7 Å². The van der Waals surface area contributed by atoms with Crippen molar-refractivity contribution in [2.45, 2.75) is 83.3 Å². The molecule has 32 heavy (non-hydrogen) atoms. The molecule has 0 aliphatic heterocycles. The van der Waals surface area contributed by atoms with E-state index in [2.05, 4.69) is 13.8 Å². The minimum atomic E-state index is -4.16. The van der Waals surface area contributed by atoms with Crippen molar-refractivity contribution in [3.05, 3.63) is 0 Å². The number of carbonyl (C=O) groups excluding carboxylic acids is 1. The maximum Gasteiger partial charge on any atom is 0.472 e. The molecule has 0 aromatic heterocycles. The molecule has 0 spiro atoms. The summed E-state index contributed by atoms with van der Waals surface area (Å²) in [5, 5.41) is -0.141. The number of carbonyl (C=O) groups is 1. The van der Waals surface area contributed by atoms with Crippen molar-refractivity contribution in [1.82, 2.24) is 0 Å². The second kappa shape index (κ2) is 18.8. The summed E-state index contributed by atoms with van der Waals surface area (Å²) in [6.07, 6.45) is 10.2. The second-order valence-corrected chi connectivity index (χ2v) is 13.7. The highest BCUT2D eigenvalue weighted by Gasteiger charge is 2.26. The fourth-order valence-electron chi connectivity index (χ4n) is 2.66. The van der Waals surface area contributed by atoms with E-state index in [1.807, 2.05) is 21.1 Å². The quantitative estimate of drug-likeness (QED) is 0.0832. The van der Waals surface area contributed by atoms with E-state index in [0.29, 0.717) is 23.2 Å². The summed E-state index contributed by atoms with van der Waals surface area (Å²) in [4.78, 5) is 22.4. The van der Waals surface area contributed by atoms with Crippen LogP contribution in [0.5, 0.6) is 0 Å². The summed E-state index contributed by atoms with van der Waals surface area (Å²) in [5.74, 6) is 0.580. The van der Waals surface area contributed by atoms with Crippen LogP contribution in [0.2, 0.25) is 0 Å². The Kier molecular flexibility index (Phi) is 19.1. The summed E-state index contributed by atoms with van der Waals surface area (Å²) in [6, 6.07) is 0. The Hall–Kier alpha value is 0.530. The topological polar surface area (TPSA) is 72.8 Å². The number of nitrogens with zero attached hydrogens (tertiary/aromatic N) is 1. The molecule has 1 unspecified atom stereocenters. The molecule has 6 nitrogen and oxygen atoms in total. The molecule has 0 saturated heterocycles. The number of hydrogen-bond donors (Lipinski definition) is 1. The maximum absolute atomic E-state index is 12.4. The van der Waals surface area contributed by atoms with Crippen LogP contribution in [0.1, 0.15) is 78.1 Å². The average Bonchev–Trinajstić information content (AvgIpc) is 2.69. The Labute approximate surface area is 210 Å². The lowest BCUT2D eigenvalue weighted by Crippen LogP contribution is -2.37. The molecule has 0 aliphatic carbocycles. The molecular weight excluding hydrogens is 485 g/mol. The van der Waals surface area contributed by atoms with Crippen LogP contribution in [-0.4, -0.2) is 70.6 Å². The predicted octanol–water partition coefficient (Wildman–Crippen LogP) is 6.46. The highest BCUT2D eigenvalue weighted by Crippen LogP contribution is 2.44. The van der Waals surface area contributed by atoms with Gasteiger partial charge in [-0.25, -0.2) is 4.57 Å². The van der Waals surface area contributed by atoms with Crippen molar-refractivity contribution in [3.63, 3.8) is 0 Å². The number of phosphoric ester groups is 1. The van der Waals surface area contributed by atoms with Crippen LogP contribution in [-0.2, 0) is 18.4 Å². The molecule has 0 rings (SSSR count). The van der Waals surface area contributed by atoms with E-state index in [9.17, 15) is 14.3 Å². The summed E-state index contributed by atoms with van der Waals surface area (Å²) >= 11 is 8.24. The Balaban J connectivity index is 4.63. The molecule has 0 heterocycles. The van der Waals surface area contributed by atoms with Gasteiger partial charge >= 0.3 is 7.82 Å². The highest BCUT2D eigenvalue weighted by atomic mass is 32.2. The van der Waals surface area contributed by atoms with Crippen LogP contribution in [0.25, 0.3) is 0 Å². The van der Waals surface area contributed by atoms with Gasteiger partial charge in [-0.3, -0.25) is 13.8 Å². The van der Waals surface area contributed by atoms with Crippen LogP contribution in [0.4, 0.5) is 0 Å². The minimum Gasteiger partial charge on any atom is -0.329 e. The van der Waals surface area contributed by atoms with E-state index in [4.69, 9.17) is 21.3 Å². The molecule has 1 N–H and O–H groups in total. The summed E-state index contributed by atoms with van der Waals surface area (Å²) < 4.78 is 24.1. The number of thioether (sulfide) groups is 2. The van der Waals surface area contributed by atoms with Gasteiger partial charge in [0.1, 0.15) is 13.2 Å². The van der Waals surface area contributed by atoms with E-state index in [-0.39, 0.29) is 23.6 Å². The molecule has 0 radical (unpaired) electrons. The first-order valence-electron chi connectivity index (χ1n) is 11.8. The van der Waals surface area contributed by atoms with Crippen molar-refractivity contribution in [1.29, 1.82) is 0 Å². The zero-order valence-corrected chi connectivity index (χ0v) is 24.0. The van der Waals surface area contributed by atoms with E-state index in [0.717, 1.165) is 42.7 Å². The van der Waals surface area contributed by atoms with Gasteiger partial charge in [-0.15, -0.1) is 11.8 Å². The summed E-state index contributed by atoms with van der Waals surface area (Å²) in [7, 11) is 1.78. The molecule has 0 aromatic rings. The third-order valence-electron chi connectivity index (χ3n) is 4.64. The minimum absolute atomic E-state index is 0.0189. The van der Waals surface area contributed by atoms with Gasteiger partial charge in [0.2, 0.25) is 0 Å². The standard InChI is InChI=1S/C22H44NO5PS3/c1-6-8-10-12-14-21(24)32-20(19-31-22(30)15-13-11-9-7-2)18-28-29(25,26)27-17-16-23(3,4)5/h20H,6-19H2,1-5H3/p+1/t20-/m0/s1. The molecule has 0 saturated carbocycles. The van der Waals surface area contributed by atoms with E-state index in [1.165, 1.54) is 31.0 Å². The van der Waals surface area contributed by atoms with Gasteiger partial charge in [0, 0.05) is 21.6 Å². The van der Waals surface area contributed by atoms with Crippen molar-refractivity contribution in [2.24, 2.45) is 0 Å². The van der Waals surface area contributed by atoms with E-state index < -0.39 is 7.82 Å². The van der Waals surface area contributed by atoms with Crippen LogP contribution in [0.15, 0.2) is 0 Å². The Bertz CT molecular complexity index is 572. The first-order chi connectivity index (χ1) is 15.0. The van der Waals surface area contributed by atoms with Crippen LogP contribution >= 0.6 is 43.6 Å². The van der Waals surface area contributed by atoms with Crippen molar-refractivity contribution < 1.29 is 27.8 Å². The normalized spacial score (nSPS) is 14.8. The molecule has 0 bridgehead atoms. The molecular formula is C22H45NO5PS3+. The van der Waals surface area contributed by atoms with Gasteiger partial charge in [0.15, 0.2) is 5.12 Å². The highest BCUT2D eigenvalue weighted by molar-refractivity contribution is 8.24. The van der Waals surface area contributed by atoms with Gasteiger partial charge < -0.3 is 9.38 Å². The second-order valence-electron chi connectivity index (χ2n) is 9.03. The summed E-state index contributed by atoms with van der Waals surface area (Å²) in [5.41, 5.74) is 0. The van der Waals surface area contributed by atoms with Crippen molar-refractivity contribution in [3.8, 4) is 0 Å². The Morgan fingerprint density at radius 3 is 2.16 bits per heavy atom. The molecule has 0 aromatic carbocycles. The smallest absolute Gasteiger partial charge is 0.329 e. The molecule has 2 atom stereocenters. The van der Waals surface area contributed by atoms with Gasteiger partial charge in [-0.2, -0.15) is 0 Å². The van der Waals surface area contributed by atoms with Crippen LogP contribution < -0.4 is 0 Å². The number of quaternary nitrogens is 1. The number of phosphoric acid groups is 1. The third kappa shape index (κ3) is 21.1. The maximum atomic E-state index is 12.4. The first-order valence-corrected chi connectivity index (χ1v) is 15.5. The largest absolute Gasteiger partial charge is 0.472 e. The fourth-order valence-corrected chi connectivity index (χ4v) is 5.86. The number of hydrogen-bond acceptors (Lipinski definition) is 7. The van der Waals surface area contributed by atoms with Crippen LogP contribution in [0, 0.1) is 0 Å². The lowest BCUT2D eigenvalue weighted by molar-refractivity contribution is -0.870. The van der Waals surface area contributed by atoms with Gasteiger partial charge in [0.25, 0.3) is 0 Å². The molecule has 10 heteroatoms. The first kappa shape index (κ1) is 32.5. The zero-order valence-electron chi connectivity index (χ0n) is 20.7. The summed E-state index contributed by atoms with van der Waals surface area (Å²) in [6.45, 7) is 5.02. The Morgan fingerprint density at radius 1 is 1.00 bits per heavy atom. The SMILES string of the molecule is CCCCCCC(=O)S[C@@H](COP(=O)(O)OCC[N+](C)(C)C)CSC(=S)CCCCCC. The van der Waals surface area contributed by atoms with Crippen LogP contribution in [0.3, 0.4) is 0 Å². The third-order valence-corrected chi connectivity index (χ3v) is 8.59. The van der Waals surface area contributed by atoms with E-state index in [1.54, 1.807) is 11.8 Å². The average molecular weight is 531 g/mol. The molecule has 0 amide bonds. The lowest BCUT2D eigenvalue weighted by atomic mass is 10.2. The zero-order chi connectivity index (χ0) is 24.5. The number of likely N-dealkylation sites (N-methyl/N-ethyl adjacent to an activating group) is 1. The van der Waals surface area contributed by atoms with Crippen molar-refractivity contribution >= 4 is 52.9 Å². The van der Waals surface area contributed by atoms with Gasteiger partial charge in [-0.05, 0) is 19.3 Å². The molecule has 190 valence electrons. The van der Waals surface area contributed by atoms with Gasteiger partial charge in [0.05, 0.1) is 27.7 Å². The number of rotatable bonds is 20. The Morgan fingerprint density at radius 2 is 1.59 bits per heavy atom. The number of thiocarbonyl (C=S) groups is 1. The van der Waals surface area contributed by atoms with E-state index >= 15 is 0 Å². The lowest BCUT2D eigenvalue weighted by Gasteiger charge is -2.24. The van der Waals surface area contributed by atoms with Gasteiger partial charge in [-0.1, -0.05) is 76.4 Å². The number of unbranched alkanes of at least 4 members (excludes halogenated alkanes) is 6.